The highest BCUT2D eigenvalue weighted by molar-refractivity contribution is 6.10. The summed E-state index contributed by atoms with van der Waals surface area (Å²) in [7, 11) is 1.86. The van der Waals surface area contributed by atoms with Gasteiger partial charge in [0.1, 0.15) is 5.82 Å². The van der Waals surface area contributed by atoms with Crippen molar-refractivity contribution >= 4 is 23.5 Å². The number of guanidine groups is 1. The summed E-state index contributed by atoms with van der Waals surface area (Å²) >= 11 is 0. The van der Waals surface area contributed by atoms with Crippen LogP contribution >= 0.6 is 0 Å². The second kappa shape index (κ2) is 10.5. The van der Waals surface area contributed by atoms with Crippen molar-refractivity contribution in [3.8, 4) is 0 Å². The van der Waals surface area contributed by atoms with Crippen molar-refractivity contribution in [1.82, 2.24) is 15.1 Å². The van der Waals surface area contributed by atoms with Gasteiger partial charge >= 0.3 is 5.97 Å². The molecule has 1 aromatic heterocycles. The highest BCUT2D eigenvalue weighted by Gasteiger charge is 2.13. The van der Waals surface area contributed by atoms with Gasteiger partial charge in [0.2, 0.25) is 5.96 Å². The number of hydrogen-bond donors (Lipinski definition) is 2. The molecule has 3 rings (SSSR count). The van der Waals surface area contributed by atoms with E-state index in [0.717, 1.165) is 17.0 Å². The molecule has 0 saturated carbocycles. The number of halogens is 1. The highest BCUT2D eigenvalue weighted by atomic mass is 19.1. The summed E-state index contributed by atoms with van der Waals surface area (Å²) in [4.78, 5) is 29.1. The molecule has 9 heteroatoms. The number of aromatic nitrogens is 2. The van der Waals surface area contributed by atoms with Crippen molar-refractivity contribution in [2.45, 2.75) is 27.3 Å². The van der Waals surface area contributed by atoms with E-state index in [1.807, 2.05) is 20.9 Å². The Morgan fingerprint density at radius 1 is 1.06 bits per heavy atom. The zero-order valence-corrected chi connectivity index (χ0v) is 19.0. The van der Waals surface area contributed by atoms with E-state index in [2.05, 4.69) is 20.7 Å². The van der Waals surface area contributed by atoms with Crippen molar-refractivity contribution < 1.29 is 18.7 Å². The monoisotopic (exact) mass is 451 g/mol. The maximum absolute atomic E-state index is 13.2. The van der Waals surface area contributed by atoms with E-state index in [0.29, 0.717) is 17.8 Å². The van der Waals surface area contributed by atoms with Gasteiger partial charge in [0.25, 0.3) is 5.91 Å². The van der Waals surface area contributed by atoms with Gasteiger partial charge in [0.05, 0.1) is 24.4 Å². The topological polar surface area (TPSA) is 97.6 Å². The maximum atomic E-state index is 13.2. The molecule has 0 unspecified atom stereocenters. The predicted molar refractivity (Wildman–Crippen MR) is 124 cm³/mol. The van der Waals surface area contributed by atoms with Crippen molar-refractivity contribution in [1.29, 1.82) is 0 Å². The maximum Gasteiger partial charge on any atom is 0.338 e. The molecule has 0 fully saturated rings. The average Bonchev–Trinajstić information content (AvgIpc) is 3.04. The summed E-state index contributed by atoms with van der Waals surface area (Å²) in [6, 6.07) is 11.8. The minimum Gasteiger partial charge on any atom is -0.462 e. The smallest absolute Gasteiger partial charge is 0.338 e. The number of ether oxygens (including phenoxy) is 1. The third-order valence-corrected chi connectivity index (χ3v) is 5.05. The lowest BCUT2D eigenvalue weighted by atomic mass is 10.2. The summed E-state index contributed by atoms with van der Waals surface area (Å²) in [5, 5.41) is 10.2. The molecule has 0 aliphatic rings. The second-order valence-electron chi connectivity index (χ2n) is 7.32. The van der Waals surface area contributed by atoms with Crippen molar-refractivity contribution in [2.75, 3.05) is 11.9 Å². The van der Waals surface area contributed by atoms with E-state index in [1.54, 1.807) is 35.9 Å². The zero-order valence-electron chi connectivity index (χ0n) is 19.0. The van der Waals surface area contributed by atoms with Crippen LogP contribution < -0.4 is 10.6 Å². The van der Waals surface area contributed by atoms with Crippen LogP contribution in [0.4, 0.5) is 10.1 Å². The van der Waals surface area contributed by atoms with Gasteiger partial charge in [-0.2, -0.15) is 5.10 Å². The second-order valence-corrected chi connectivity index (χ2v) is 7.32. The molecule has 1 heterocycles. The molecule has 2 aromatic carbocycles. The van der Waals surface area contributed by atoms with Crippen LogP contribution in [0.25, 0.3) is 0 Å². The summed E-state index contributed by atoms with van der Waals surface area (Å²) in [6.45, 7) is 6.17. The lowest BCUT2D eigenvalue weighted by molar-refractivity contribution is 0.0526. The van der Waals surface area contributed by atoms with Gasteiger partial charge in [-0.3, -0.25) is 14.8 Å². The van der Waals surface area contributed by atoms with Crippen LogP contribution in [0, 0.1) is 19.7 Å². The first-order valence-corrected chi connectivity index (χ1v) is 10.4. The molecule has 0 aliphatic heterocycles. The number of carbonyl (C=O) groups is 2. The molecule has 0 saturated heterocycles. The van der Waals surface area contributed by atoms with Gasteiger partial charge < -0.3 is 10.1 Å². The number of hydrogen-bond acceptors (Lipinski definition) is 5. The first-order valence-electron chi connectivity index (χ1n) is 10.4. The summed E-state index contributed by atoms with van der Waals surface area (Å²) in [5.41, 5.74) is 4.09. The molecular formula is C24H26FN5O3. The van der Waals surface area contributed by atoms with E-state index < -0.39 is 17.7 Å². The number of nitrogens with zero attached hydrogens (tertiary/aromatic N) is 3. The van der Waals surface area contributed by atoms with E-state index in [4.69, 9.17) is 4.74 Å². The van der Waals surface area contributed by atoms with Crippen LogP contribution in [0.5, 0.6) is 0 Å². The normalized spacial score (nSPS) is 11.2. The van der Waals surface area contributed by atoms with Crippen LogP contribution in [0.3, 0.4) is 0 Å². The lowest BCUT2D eigenvalue weighted by Gasteiger charge is -2.13. The summed E-state index contributed by atoms with van der Waals surface area (Å²) in [5.74, 6) is -1.08. The van der Waals surface area contributed by atoms with Gasteiger partial charge in [-0.15, -0.1) is 0 Å². The third-order valence-electron chi connectivity index (χ3n) is 5.05. The zero-order chi connectivity index (χ0) is 24.0. The number of benzene rings is 2. The molecule has 33 heavy (non-hydrogen) atoms. The SMILES string of the molecule is CCOC(=O)c1ccc(NC(=NCc2c(C)nn(C)c2C)NC(=O)c2ccc(F)cc2)cc1. The Morgan fingerprint density at radius 2 is 1.70 bits per heavy atom. The minimum absolute atomic E-state index is 0.205. The Labute approximate surface area is 191 Å². The Hall–Kier alpha value is -4.01. The van der Waals surface area contributed by atoms with Crippen molar-refractivity contribution in [2.24, 2.45) is 12.0 Å². The lowest BCUT2D eigenvalue weighted by Crippen LogP contribution is -2.36. The van der Waals surface area contributed by atoms with E-state index in [1.165, 1.54) is 24.3 Å². The molecule has 3 aromatic rings. The highest BCUT2D eigenvalue weighted by Crippen LogP contribution is 2.14. The van der Waals surface area contributed by atoms with Crippen LogP contribution in [0.15, 0.2) is 53.5 Å². The van der Waals surface area contributed by atoms with Crippen LogP contribution in [-0.2, 0) is 18.3 Å². The van der Waals surface area contributed by atoms with E-state index >= 15 is 0 Å². The number of esters is 1. The van der Waals surface area contributed by atoms with Crippen molar-refractivity contribution in [3.63, 3.8) is 0 Å². The van der Waals surface area contributed by atoms with Gasteiger partial charge in [-0.05, 0) is 69.3 Å². The fourth-order valence-electron chi connectivity index (χ4n) is 3.14. The molecule has 1 amide bonds. The van der Waals surface area contributed by atoms with Crippen LogP contribution in [0.2, 0.25) is 0 Å². The number of amides is 1. The summed E-state index contributed by atoms with van der Waals surface area (Å²) in [6.07, 6.45) is 0. The van der Waals surface area contributed by atoms with E-state index in [9.17, 15) is 14.0 Å². The van der Waals surface area contributed by atoms with Gasteiger partial charge in [-0.25, -0.2) is 14.2 Å². The minimum atomic E-state index is -0.441. The third kappa shape index (κ3) is 6.03. The predicted octanol–water partition coefficient (Wildman–Crippen LogP) is 3.75. The molecule has 0 aliphatic carbocycles. The molecule has 0 atom stereocenters. The molecule has 2 N–H and O–H groups in total. The van der Waals surface area contributed by atoms with Gasteiger partial charge in [0.15, 0.2) is 0 Å². The number of aryl methyl sites for hydroxylation is 2. The van der Waals surface area contributed by atoms with Gasteiger partial charge in [-0.1, -0.05) is 0 Å². The standard InChI is InChI=1S/C24H26FN5O3/c1-5-33-23(32)18-8-12-20(13-9-18)27-24(26-14-21-15(2)29-30(4)16(21)3)28-22(31)17-6-10-19(25)11-7-17/h6-13H,5,14H2,1-4H3,(H2,26,27,28,31). The number of nitrogens with one attached hydrogen (secondary N) is 2. The largest absolute Gasteiger partial charge is 0.462 e. The Morgan fingerprint density at radius 3 is 2.27 bits per heavy atom. The summed E-state index contributed by atoms with van der Waals surface area (Å²) < 4.78 is 20.0. The molecule has 0 bridgehead atoms. The number of carbonyl (C=O) groups excluding carboxylic acids is 2. The first-order chi connectivity index (χ1) is 15.8. The Kier molecular flexibility index (Phi) is 7.55. The van der Waals surface area contributed by atoms with Crippen molar-refractivity contribution in [3.05, 3.63) is 82.4 Å². The number of rotatable bonds is 6. The molecule has 0 spiro atoms. The quantitative estimate of drug-likeness (QED) is 0.338. The number of aliphatic imine (C=N–C) groups is 1. The average molecular weight is 452 g/mol. The molecule has 0 radical (unpaired) electrons. The fourth-order valence-corrected chi connectivity index (χ4v) is 3.14. The van der Waals surface area contributed by atoms with Crippen LogP contribution in [0.1, 0.15) is 44.6 Å². The molecular weight excluding hydrogens is 425 g/mol. The van der Waals surface area contributed by atoms with Gasteiger partial charge in [0, 0.05) is 29.6 Å². The number of anilines is 1. The van der Waals surface area contributed by atoms with E-state index in [-0.39, 0.29) is 18.1 Å². The fraction of sp³-hybridized carbons (Fsp3) is 0.250. The molecule has 8 nitrogen and oxygen atoms in total. The Balaban J connectivity index is 1.83. The van der Waals surface area contributed by atoms with Crippen LogP contribution in [-0.4, -0.2) is 34.2 Å². The Bertz CT molecular complexity index is 1170. The molecule has 172 valence electrons. The first kappa shape index (κ1) is 23.6.